The largest absolute Gasteiger partial charge is 0.480 e. The molecule has 0 aliphatic heterocycles. The molecule has 0 heterocycles. The van der Waals surface area contributed by atoms with Crippen molar-refractivity contribution < 1.29 is 33.5 Å². The summed E-state index contributed by atoms with van der Waals surface area (Å²) in [4.78, 5) is 62.8. The van der Waals surface area contributed by atoms with E-state index in [9.17, 15) is 28.4 Å². The number of hydrogen-bond acceptors (Lipinski definition) is 6. The number of carbonyl (C=O) groups is 5. The Morgan fingerprint density at radius 2 is 1.67 bits per heavy atom. The van der Waals surface area contributed by atoms with Gasteiger partial charge in [0.15, 0.2) is 5.83 Å². The zero-order chi connectivity index (χ0) is 29.5. The first-order valence-electron chi connectivity index (χ1n) is 11.5. The third-order valence-electron chi connectivity index (χ3n) is 5.36. The number of carboxylic acid groups (broad SMARTS) is 1. The van der Waals surface area contributed by atoms with Gasteiger partial charge in [0.2, 0.25) is 5.91 Å². The standard InChI is InChI=1S/C26H29ClFN5O6/c1-14(28)25(39)33(13-19(34)35)32-23(37)20(15-8-6-5-7-9-15)30-24(38)21(26(2,3)4)31-22(36)16-10-11-18(29)17(27)12-16/h5-12,20-21H,1,13,29H2,2-4H3,(H,30,38)(H,31,36)(H,32,37)(H,34,35). The molecule has 0 aromatic heterocycles. The fourth-order valence-corrected chi connectivity index (χ4v) is 3.55. The molecule has 0 saturated carbocycles. The molecule has 0 spiro atoms. The molecule has 0 bridgehead atoms. The SMILES string of the molecule is C=C(F)C(=O)N(CC(=O)O)NC(=O)C(NC(=O)C(NC(=O)c1ccc(N)c(Cl)c1)C(C)(C)C)c1ccccc1. The second-order valence-electron chi connectivity index (χ2n) is 9.53. The first-order valence-corrected chi connectivity index (χ1v) is 11.9. The van der Waals surface area contributed by atoms with Crippen LogP contribution in [0, 0.1) is 5.41 Å². The number of amides is 4. The zero-order valence-electron chi connectivity index (χ0n) is 21.5. The average Bonchev–Trinajstić information content (AvgIpc) is 2.85. The smallest absolute Gasteiger partial charge is 0.325 e. The fraction of sp³-hybridized carbons (Fsp3) is 0.269. The van der Waals surface area contributed by atoms with Crippen molar-refractivity contribution in [3.05, 3.63) is 77.1 Å². The molecule has 0 saturated heterocycles. The summed E-state index contributed by atoms with van der Waals surface area (Å²) in [6.45, 7) is 6.81. The Bertz CT molecular complexity index is 1280. The number of nitrogens with one attached hydrogen (secondary N) is 3. The van der Waals surface area contributed by atoms with Crippen LogP contribution >= 0.6 is 11.6 Å². The summed E-state index contributed by atoms with van der Waals surface area (Å²) in [6.07, 6.45) is 0. The number of carboxylic acids is 1. The van der Waals surface area contributed by atoms with E-state index in [1.807, 2.05) is 5.43 Å². The van der Waals surface area contributed by atoms with Gasteiger partial charge in [0.1, 0.15) is 18.6 Å². The van der Waals surface area contributed by atoms with Gasteiger partial charge in [-0.2, -0.15) is 0 Å². The van der Waals surface area contributed by atoms with Gasteiger partial charge in [0, 0.05) is 5.56 Å². The minimum atomic E-state index is -1.54. The van der Waals surface area contributed by atoms with Crippen LogP contribution in [0.25, 0.3) is 0 Å². The molecule has 0 aliphatic carbocycles. The lowest BCUT2D eigenvalue weighted by molar-refractivity contribution is -0.149. The lowest BCUT2D eigenvalue weighted by atomic mass is 9.85. The van der Waals surface area contributed by atoms with Crippen LogP contribution in [0.1, 0.15) is 42.7 Å². The maximum atomic E-state index is 13.5. The van der Waals surface area contributed by atoms with E-state index in [1.54, 1.807) is 39.0 Å². The second kappa shape index (κ2) is 12.9. The van der Waals surface area contributed by atoms with Crippen LogP contribution in [0.4, 0.5) is 10.1 Å². The molecule has 2 aromatic carbocycles. The molecule has 2 unspecified atom stereocenters. The Morgan fingerprint density at radius 1 is 1.05 bits per heavy atom. The number of hydrogen-bond donors (Lipinski definition) is 5. The van der Waals surface area contributed by atoms with Crippen LogP contribution in [0.15, 0.2) is 60.9 Å². The van der Waals surface area contributed by atoms with E-state index in [4.69, 9.17) is 22.4 Å². The van der Waals surface area contributed by atoms with E-state index in [-0.39, 0.29) is 26.8 Å². The molecule has 2 aromatic rings. The average molecular weight is 562 g/mol. The van der Waals surface area contributed by atoms with Gasteiger partial charge in [0.05, 0.1) is 10.7 Å². The van der Waals surface area contributed by atoms with Crippen LogP contribution in [0.2, 0.25) is 5.02 Å². The number of carbonyl (C=O) groups excluding carboxylic acids is 4. The number of hydrazine groups is 1. The summed E-state index contributed by atoms with van der Waals surface area (Å²) >= 11 is 6.01. The van der Waals surface area contributed by atoms with Crippen LogP contribution in [-0.2, 0) is 19.2 Å². The van der Waals surface area contributed by atoms with Gasteiger partial charge in [-0.05, 0) is 29.2 Å². The van der Waals surface area contributed by atoms with E-state index >= 15 is 0 Å². The Kier molecular flexibility index (Phi) is 10.2. The summed E-state index contributed by atoms with van der Waals surface area (Å²) < 4.78 is 13.5. The molecule has 0 fully saturated rings. The van der Waals surface area contributed by atoms with E-state index in [0.29, 0.717) is 0 Å². The molecule has 2 rings (SSSR count). The number of benzene rings is 2. The predicted octanol–water partition coefficient (Wildman–Crippen LogP) is 2.35. The molecule has 13 heteroatoms. The normalized spacial score (nSPS) is 12.4. The maximum absolute atomic E-state index is 13.5. The second-order valence-corrected chi connectivity index (χ2v) is 9.93. The summed E-state index contributed by atoms with van der Waals surface area (Å²) in [7, 11) is 0. The topological polar surface area (TPSA) is 171 Å². The molecule has 0 aliphatic rings. The van der Waals surface area contributed by atoms with E-state index in [2.05, 4.69) is 17.2 Å². The van der Waals surface area contributed by atoms with Crippen molar-refractivity contribution in [3.63, 3.8) is 0 Å². The van der Waals surface area contributed by atoms with Gasteiger partial charge >= 0.3 is 11.9 Å². The molecule has 208 valence electrons. The number of halogens is 2. The number of nitrogens with zero attached hydrogens (tertiary/aromatic N) is 1. The van der Waals surface area contributed by atoms with Crippen molar-refractivity contribution in [2.24, 2.45) is 5.41 Å². The zero-order valence-corrected chi connectivity index (χ0v) is 22.2. The van der Waals surface area contributed by atoms with E-state index < -0.39 is 59.5 Å². The van der Waals surface area contributed by atoms with Crippen LogP contribution in [-0.4, -0.2) is 52.3 Å². The minimum absolute atomic E-state index is 0.142. The first-order chi connectivity index (χ1) is 18.1. The van der Waals surface area contributed by atoms with Gasteiger partial charge in [-0.3, -0.25) is 29.4 Å². The highest BCUT2D eigenvalue weighted by Crippen LogP contribution is 2.24. The van der Waals surface area contributed by atoms with Crippen LogP contribution in [0.5, 0.6) is 0 Å². The monoisotopic (exact) mass is 561 g/mol. The van der Waals surface area contributed by atoms with Crippen LogP contribution in [0.3, 0.4) is 0 Å². The molecular formula is C26H29ClFN5O6. The molecule has 2 atom stereocenters. The molecule has 6 N–H and O–H groups in total. The van der Waals surface area contributed by atoms with Gasteiger partial charge in [-0.15, -0.1) is 0 Å². The summed E-state index contributed by atoms with van der Waals surface area (Å²) in [5.74, 6) is -6.97. The van der Waals surface area contributed by atoms with Crippen molar-refractivity contribution in [1.29, 1.82) is 0 Å². The van der Waals surface area contributed by atoms with Crippen LogP contribution < -0.4 is 21.8 Å². The van der Waals surface area contributed by atoms with E-state index in [0.717, 1.165) is 0 Å². The van der Waals surface area contributed by atoms with Crippen molar-refractivity contribution in [2.75, 3.05) is 12.3 Å². The fourth-order valence-electron chi connectivity index (χ4n) is 3.37. The Hall–Kier alpha value is -4.45. The van der Waals surface area contributed by atoms with Gasteiger partial charge in [-0.25, -0.2) is 9.40 Å². The third-order valence-corrected chi connectivity index (χ3v) is 5.69. The summed E-state index contributed by atoms with van der Waals surface area (Å²) in [5, 5.41) is 14.6. The molecular weight excluding hydrogens is 533 g/mol. The Balaban J connectivity index is 2.37. The number of nitrogen functional groups attached to an aromatic ring is 1. The van der Waals surface area contributed by atoms with Crippen molar-refractivity contribution >= 4 is 46.9 Å². The lowest BCUT2D eigenvalue weighted by Gasteiger charge is -2.32. The van der Waals surface area contributed by atoms with Crippen molar-refractivity contribution in [3.8, 4) is 0 Å². The number of rotatable bonds is 9. The van der Waals surface area contributed by atoms with Gasteiger partial charge in [-0.1, -0.05) is 69.3 Å². The number of nitrogens with two attached hydrogens (primary N) is 1. The number of anilines is 1. The summed E-state index contributed by atoms with van der Waals surface area (Å²) in [5.41, 5.74) is 7.53. The van der Waals surface area contributed by atoms with Gasteiger partial charge < -0.3 is 21.5 Å². The highest BCUT2D eigenvalue weighted by Gasteiger charge is 2.36. The third kappa shape index (κ3) is 8.54. The maximum Gasteiger partial charge on any atom is 0.325 e. The van der Waals surface area contributed by atoms with E-state index in [1.165, 1.54) is 30.3 Å². The quantitative estimate of drug-likeness (QED) is 0.178. The summed E-state index contributed by atoms with van der Waals surface area (Å²) in [6, 6.07) is 9.40. The molecule has 11 nitrogen and oxygen atoms in total. The Labute approximate surface area is 229 Å². The van der Waals surface area contributed by atoms with Crippen molar-refractivity contribution in [1.82, 2.24) is 21.1 Å². The van der Waals surface area contributed by atoms with Gasteiger partial charge in [0.25, 0.3) is 11.8 Å². The number of aliphatic carboxylic acids is 1. The van der Waals surface area contributed by atoms with Crippen molar-refractivity contribution in [2.45, 2.75) is 32.9 Å². The predicted molar refractivity (Wildman–Crippen MR) is 142 cm³/mol. The highest BCUT2D eigenvalue weighted by molar-refractivity contribution is 6.33. The lowest BCUT2D eigenvalue weighted by Crippen LogP contribution is -2.57. The molecule has 0 radical (unpaired) electrons. The highest BCUT2D eigenvalue weighted by atomic mass is 35.5. The Morgan fingerprint density at radius 3 is 2.18 bits per heavy atom. The minimum Gasteiger partial charge on any atom is -0.480 e. The molecule has 39 heavy (non-hydrogen) atoms. The first kappa shape index (κ1) is 30.8. The molecule has 4 amide bonds.